The average molecular weight is 528 g/mol. The van der Waals surface area contributed by atoms with E-state index >= 15 is 0 Å². The Kier molecular flexibility index (Phi) is 7.18. The van der Waals surface area contributed by atoms with Crippen molar-refractivity contribution < 1.29 is 4.79 Å². The van der Waals surface area contributed by atoms with Crippen LogP contribution in [-0.2, 0) is 17.9 Å². The Bertz CT molecular complexity index is 1780. The fraction of sp³-hybridized carbons (Fsp3) is 0.152. The zero-order valence-corrected chi connectivity index (χ0v) is 22.0. The van der Waals surface area contributed by atoms with Gasteiger partial charge in [-0.15, -0.1) is 0 Å². The van der Waals surface area contributed by atoms with E-state index in [-0.39, 0.29) is 17.4 Å². The summed E-state index contributed by atoms with van der Waals surface area (Å²) in [5, 5.41) is 10.1. The van der Waals surface area contributed by atoms with Crippen LogP contribution in [0.25, 0.3) is 21.8 Å². The maximum atomic E-state index is 13.3. The van der Waals surface area contributed by atoms with Crippen molar-refractivity contribution in [1.29, 1.82) is 0 Å². The SMILES string of the molecule is O=C(CC(c1ccccc1)c1ccccc1)NCCn1ncc2c(=O)n(Cc3cccc4ccccc34)cnc21. The third-order valence-electron chi connectivity index (χ3n) is 7.28. The smallest absolute Gasteiger partial charge is 0.264 e. The van der Waals surface area contributed by atoms with Gasteiger partial charge in [0.05, 0.1) is 19.3 Å². The van der Waals surface area contributed by atoms with E-state index in [0.29, 0.717) is 37.1 Å². The number of hydrogen-bond acceptors (Lipinski definition) is 4. The van der Waals surface area contributed by atoms with Crippen LogP contribution in [0, 0.1) is 0 Å². The topological polar surface area (TPSA) is 81.8 Å². The fourth-order valence-corrected chi connectivity index (χ4v) is 5.25. The van der Waals surface area contributed by atoms with Gasteiger partial charge < -0.3 is 5.32 Å². The third-order valence-corrected chi connectivity index (χ3v) is 7.28. The molecule has 7 nitrogen and oxygen atoms in total. The Morgan fingerprint density at radius 3 is 2.23 bits per heavy atom. The van der Waals surface area contributed by atoms with Gasteiger partial charge in [-0.3, -0.25) is 14.2 Å². The summed E-state index contributed by atoms with van der Waals surface area (Å²) in [5.74, 6) is -0.0747. The molecule has 0 aliphatic heterocycles. The van der Waals surface area contributed by atoms with E-state index in [1.165, 1.54) is 0 Å². The van der Waals surface area contributed by atoms with Crippen LogP contribution in [0.1, 0.15) is 29.0 Å². The second kappa shape index (κ2) is 11.4. The molecule has 0 fully saturated rings. The molecule has 6 aromatic rings. The van der Waals surface area contributed by atoms with Gasteiger partial charge >= 0.3 is 0 Å². The number of hydrogen-bond donors (Lipinski definition) is 1. The highest BCUT2D eigenvalue weighted by molar-refractivity contribution is 5.85. The molecule has 7 heteroatoms. The number of carbonyl (C=O) groups excluding carboxylic acids is 1. The Balaban J connectivity index is 1.13. The summed E-state index contributed by atoms with van der Waals surface area (Å²) in [5.41, 5.74) is 3.64. The number of aromatic nitrogens is 4. The maximum Gasteiger partial charge on any atom is 0.264 e. The summed E-state index contributed by atoms with van der Waals surface area (Å²) in [6.07, 6.45) is 3.48. The number of amides is 1. The van der Waals surface area contributed by atoms with Gasteiger partial charge in [-0.2, -0.15) is 5.10 Å². The highest BCUT2D eigenvalue weighted by Gasteiger charge is 2.18. The highest BCUT2D eigenvalue weighted by atomic mass is 16.1. The lowest BCUT2D eigenvalue weighted by atomic mass is 9.88. The van der Waals surface area contributed by atoms with Crippen molar-refractivity contribution in [3.8, 4) is 0 Å². The van der Waals surface area contributed by atoms with Crippen molar-refractivity contribution in [3.05, 3.63) is 143 Å². The van der Waals surface area contributed by atoms with Crippen LogP contribution in [-0.4, -0.2) is 31.8 Å². The zero-order valence-electron chi connectivity index (χ0n) is 22.0. The molecule has 0 unspecified atom stereocenters. The van der Waals surface area contributed by atoms with Crippen molar-refractivity contribution in [3.63, 3.8) is 0 Å². The van der Waals surface area contributed by atoms with E-state index in [2.05, 4.69) is 57.9 Å². The molecular weight excluding hydrogens is 498 g/mol. The number of nitrogens with zero attached hydrogens (tertiary/aromatic N) is 4. The normalized spacial score (nSPS) is 11.3. The Morgan fingerprint density at radius 2 is 1.48 bits per heavy atom. The molecule has 0 radical (unpaired) electrons. The van der Waals surface area contributed by atoms with Crippen LogP contribution in [0.2, 0.25) is 0 Å². The predicted molar refractivity (Wildman–Crippen MR) is 157 cm³/mol. The van der Waals surface area contributed by atoms with Gasteiger partial charge in [0.1, 0.15) is 11.7 Å². The minimum absolute atomic E-state index is 0.0326. The minimum Gasteiger partial charge on any atom is -0.354 e. The van der Waals surface area contributed by atoms with Gasteiger partial charge in [-0.05, 0) is 27.5 Å². The molecule has 1 N–H and O–H groups in total. The van der Waals surface area contributed by atoms with E-state index in [1.807, 2.05) is 60.7 Å². The lowest BCUT2D eigenvalue weighted by Gasteiger charge is -2.18. The summed E-state index contributed by atoms with van der Waals surface area (Å²) >= 11 is 0. The lowest BCUT2D eigenvalue weighted by Crippen LogP contribution is -2.29. The second-order valence-corrected chi connectivity index (χ2v) is 9.85. The van der Waals surface area contributed by atoms with E-state index in [0.717, 1.165) is 27.5 Å². The molecule has 0 bridgehead atoms. The Morgan fingerprint density at radius 1 is 0.800 bits per heavy atom. The van der Waals surface area contributed by atoms with Crippen LogP contribution in [0.3, 0.4) is 0 Å². The van der Waals surface area contributed by atoms with Crippen LogP contribution < -0.4 is 10.9 Å². The quantitative estimate of drug-likeness (QED) is 0.283. The molecule has 40 heavy (non-hydrogen) atoms. The largest absolute Gasteiger partial charge is 0.354 e. The predicted octanol–water partition coefficient (Wildman–Crippen LogP) is 5.13. The summed E-state index contributed by atoms with van der Waals surface area (Å²) < 4.78 is 3.29. The van der Waals surface area contributed by atoms with Gasteiger partial charge in [0.25, 0.3) is 5.56 Å². The van der Waals surface area contributed by atoms with Crippen molar-refractivity contribution in [2.24, 2.45) is 0 Å². The summed E-state index contributed by atoms with van der Waals surface area (Å²) in [7, 11) is 0. The fourth-order valence-electron chi connectivity index (χ4n) is 5.25. The Labute approximate surface area is 231 Å². The molecular formula is C33H29N5O2. The molecule has 2 aromatic heterocycles. The molecule has 0 aliphatic rings. The number of carbonyl (C=O) groups is 1. The van der Waals surface area contributed by atoms with Crippen molar-refractivity contribution >= 4 is 27.7 Å². The first-order valence-electron chi connectivity index (χ1n) is 13.4. The summed E-state index contributed by atoms with van der Waals surface area (Å²) in [6, 6.07) is 34.4. The molecule has 6 rings (SSSR count). The Hall–Kier alpha value is -5.04. The minimum atomic E-state index is -0.137. The average Bonchev–Trinajstić information content (AvgIpc) is 3.42. The first kappa shape index (κ1) is 25.2. The third kappa shape index (κ3) is 5.27. The van der Waals surface area contributed by atoms with Gasteiger partial charge in [0.2, 0.25) is 5.91 Å². The summed E-state index contributed by atoms with van der Waals surface area (Å²) in [4.78, 5) is 30.8. The van der Waals surface area contributed by atoms with Crippen molar-refractivity contribution in [2.45, 2.75) is 25.4 Å². The van der Waals surface area contributed by atoms with Crippen LogP contribution in [0.5, 0.6) is 0 Å². The van der Waals surface area contributed by atoms with Crippen LogP contribution in [0.4, 0.5) is 0 Å². The molecule has 0 aliphatic carbocycles. The highest BCUT2D eigenvalue weighted by Crippen LogP contribution is 2.27. The van der Waals surface area contributed by atoms with E-state index in [9.17, 15) is 9.59 Å². The van der Waals surface area contributed by atoms with Gasteiger partial charge in [-0.25, -0.2) is 9.67 Å². The lowest BCUT2D eigenvalue weighted by molar-refractivity contribution is -0.121. The molecule has 0 saturated carbocycles. The molecule has 1 amide bonds. The van der Waals surface area contributed by atoms with E-state index in [4.69, 9.17) is 0 Å². The number of fused-ring (bicyclic) bond motifs is 2. The van der Waals surface area contributed by atoms with Crippen LogP contribution in [0.15, 0.2) is 120 Å². The number of rotatable bonds is 9. The second-order valence-electron chi connectivity index (χ2n) is 9.85. The molecule has 2 heterocycles. The monoisotopic (exact) mass is 527 g/mol. The first-order valence-corrected chi connectivity index (χ1v) is 13.4. The molecule has 0 saturated heterocycles. The van der Waals surface area contributed by atoms with Gasteiger partial charge in [-0.1, -0.05) is 103 Å². The zero-order chi connectivity index (χ0) is 27.3. The van der Waals surface area contributed by atoms with Crippen molar-refractivity contribution in [2.75, 3.05) is 6.54 Å². The van der Waals surface area contributed by atoms with E-state index in [1.54, 1.807) is 21.8 Å². The summed E-state index contributed by atoms with van der Waals surface area (Å²) in [6.45, 7) is 1.22. The number of nitrogens with one attached hydrogen (secondary N) is 1. The molecule has 0 atom stereocenters. The van der Waals surface area contributed by atoms with E-state index < -0.39 is 0 Å². The maximum absolute atomic E-state index is 13.3. The number of benzene rings is 4. The molecule has 4 aromatic carbocycles. The van der Waals surface area contributed by atoms with Gasteiger partial charge in [0, 0.05) is 18.9 Å². The van der Waals surface area contributed by atoms with Gasteiger partial charge in [0.15, 0.2) is 5.65 Å². The first-order chi connectivity index (χ1) is 19.7. The standard InChI is InChI=1S/C33H29N5O2/c39-31(20-29(25-10-3-1-4-11-25)26-12-5-2-6-13-26)34-18-19-38-32-30(21-36-38)33(40)37(23-35-32)22-27-16-9-15-24-14-7-8-17-28(24)27/h1-17,21,23,29H,18-20,22H2,(H,34,39). The van der Waals surface area contributed by atoms with Crippen LogP contribution >= 0.6 is 0 Å². The molecule has 198 valence electrons. The molecule has 0 spiro atoms. The van der Waals surface area contributed by atoms with Crippen molar-refractivity contribution in [1.82, 2.24) is 24.6 Å².